The van der Waals surface area contributed by atoms with E-state index >= 15 is 0 Å². The molecule has 76 valence electrons. The molecule has 0 unspecified atom stereocenters. The Hall–Kier alpha value is -1.04. The predicted molar refractivity (Wildman–Crippen MR) is 64.3 cm³/mol. The van der Waals surface area contributed by atoms with E-state index in [0.29, 0.717) is 5.41 Å². The Labute approximate surface area is 87.7 Å². The fraction of sp³-hybridized carbons (Fsp3) is 0.429. The smallest absolute Gasteiger partial charge is 0.0230 e. The second kappa shape index (κ2) is 4.45. The molecule has 0 heteroatoms. The lowest BCUT2D eigenvalue weighted by Gasteiger charge is -2.18. The maximum atomic E-state index is 3.84. The summed E-state index contributed by atoms with van der Waals surface area (Å²) in [5.74, 6) is 0. The highest BCUT2D eigenvalue weighted by Crippen LogP contribution is 2.23. The van der Waals surface area contributed by atoms with Crippen LogP contribution in [0.25, 0.3) is 6.08 Å². The van der Waals surface area contributed by atoms with Crippen LogP contribution in [0.15, 0.2) is 30.8 Å². The van der Waals surface area contributed by atoms with Crippen molar-refractivity contribution in [2.24, 2.45) is 5.41 Å². The maximum Gasteiger partial charge on any atom is -0.0230 e. The van der Waals surface area contributed by atoms with Crippen molar-refractivity contribution in [3.63, 3.8) is 0 Å². The zero-order valence-electron chi connectivity index (χ0n) is 9.51. The van der Waals surface area contributed by atoms with E-state index in [0.717, 1.165) is 6.42 Å². The zero-order chi connectivity index (χ0) is 10.6. The van der Waals surface area contributed by atoms with Crippen LogP contribution in [0, 0.1) is 5.41 Å². The van der Waals surface area contributed by atoms with Crippen molar-refractivity contribution in [2.45, 2.75) is 33.6 Å². The normalized spacial score (nSPS) is 11.4. The predicted octanol–water partition coefficient (Wildman–Crippen LogP) is 4.31. The average Bonchev–Trinajstić information content (AvgIpc) is 2.14. The molecule has 0 bridgehead atoms. The number of rotatable bonds is 3. The van der Waals surface area contributed by atoms with Crippen LogP contribution < -0.4 is 0 Å². The molecule has 0 aliphatic heterocycles. The highest BCUT2D eigenvalue weighted by atomic mass is 14.2. The average molecular weight is 188 g/mol. The minimum atomic E-state index is 0.411. The molecule has 1 aromatic rings. The monoisotopic (exact) mass is 188 g/mol. The Morgan fingerprint density at radius 2 is 1.86 bits per heavy atom. The lowest BCUT2D eigenvalue weighted by atomic mass is 9.87. The summed E-state index contributed by atoms with van der Waals surface area (Å²) in [5, 5.41) is 0. The van der Waals surface area contributed by atoms with Crippen LogP contribution in [0.4, 0.5) is 0 Å². The van der Waals surface area contributed by atoms with Gasteiger partial charge >= 0.3 is 0 Å². The van der Waals surface area contributed by atoms with Crippen molar-refractivity contribution >= 4 is 6.08 Å². The van der Waals surface area contributed by atoms with Crippen LogP contribution >= 0.6 is 0 Å². The minimum Gasteiger partial charge on any atom is -0.0985 e. The van der Waals surface area contributed by atoms with Crippen molar-refractivity contribution in [1.29, 1.82) is 0 Å². The molecule has 0 aliphatic rings. The van der Waals surface area contributed by atoms with Gasteiger partial charge < -0.3 is 0 Å². The Morgan fingerprint density at radius 3 is 2.43 bits per heavy atom. The Balaban J connectivity index is 2.71. The first kappa shape index (κ1) is 11.0. The molecule has 0 radical (unpaired) electrons. The summed E-state index contributed by atoms with van der Waals surface area (Å²) in [6.07, 6.45) is 4.31. The summed E-state index contributed by atoms with van der Waals surface area (Å²) in [6, 6.07) is 8.50. The largest absolute Gasteiger partial charge is 0.0985 e. The molecule has 0 fully saturated rings. The molecule has 0 heterocycles. The molecular formula is C14H20. The van der Waals surface area contributed by atoms with E-state index in [-0.39, 0.29) is 0 Å². The van der Waals surface area contributed by atoms with Gasteiger partial charge in [0.15, 0.2) is 0 Å². The third-order valence-electron chi connectivity index (χ3n) is 2.42. The summed E-state index contributed by atoms with van der Waals surface area (Å²) in [6.45, 7) is 10.7. The van der Waals surface area contributed by atoms with E-state index in [1.807, 2.05) is 6.08 Å². The van der Waals surface area contributed by atoms with Crippen molar-refractivity contribution in [3.05, 3.63) is 42.0 Å². The summed E-state index contributed by atoms with van der Waals surface area (Å²) >= 11 is 0. The molecule has 0 aliphatic carbocycles. The minimum absolute atomic E-state index is 0.411. The number of benzene rings is 1. The third-order valence-corrected chi connectivity index (χ3v) is 2.42. The van der Waals surface area contributed by atoms with Crippen molar-refractivity contribution < 1.29 is 0 Å². The second-order valence-corrected chi connectivity index (χ2v) is 4.96. The Bertz CT molecular complexity index is 302. The van der Waals surface area contributed by atoms with Crippen molar-refractivity contribution in [1.82, 2.24) is 0 Å². The molecule has 0 atom stereocenters. The number of aryl methyl sites for hydroxylation is 1. The van der Waals surface area contributed by atoms with Gasteiger partial charge in [0.25, 0.3) is 0 Å². The molecular weight excluding hydrogens is 168 g/mol. The molecule has 0 spiro atoms. The molecule has 0 aromatic heterocycles. The van der Waals surface area contributed by atoms with Gasteiger partial charge in [0.1, 0.15) is 0 Å². The van der Waals surface area contributed by atoms with Gasteiger partial charge in [-0.15, -0.1) is 0 Å². The van der Waals surface area contributed by atoms with E-state index in [2.05, 4.69) is 51.6 Å². The summed E-state index contributed by atoms with van der Waals surface area (Å²) in [7, 11) is 0. The van der Waals surface area contributed by atoms with Crippen molar-refractivity contribution in [2.75, 3.05) is 0 Å². The first-order valence-electron chi connectivity index (χ1n) is 5.23. The standard InChI is InChI=1S/C14H20/c1-5-12-8-6-7-9-13(12)10-11-14(2,3)4/h5-9H,1,10-11H2,2-4H3. The van der Waals surface area contributed by atoms with Crippen molar-refractivity contribution in [3.8, 4) is 0 Å². The van der Waals surface area contributed by atoms with Gasteiger partial charge in [-0.05, 0) is 29.4 Å². The molecule has 0 nitrogen and oxygen atoms in total. The van der Waals surface area contributed by atoms with Gasteiger partial charge in [-0.3, -0.25) is 0 Å². The van der Waals surface area contributed by atoms with Crippen LogP contribution in [0.1, 0.15) is 38.3 Å². The van der Waals surface area contributed by atoms with Gasteiger partial charge in [-0.1, -0.05) is 57.7 Å². The quantitative estimate of drug-likeness (QED) is 0.663. The van der Waals surface area contributed by atoms with Gasteiger partial charge in [0.2, 0.25) is 0 Å². The zero-order valence-corrected chi connectivity index (χ0v) is 9.51. The molecule has 1 aromatic carbocycles. The highest BCUT2D eigenvalue weighted by molar-refractivity contribution is 5.51. The van der Waals surface area contributed by atoms with Crippen LogP contribution in [-0.2, 0) is 6.42 Å². The maximum absolute atomic E-state index is 3.84. The Morgan fingerprint density at radius 1 is 1.21 bits per heavy atom. The van der Waals surface area contributed by atoms with Gasteiger partial charge in [-0.2, -0.15) is 0 Å². The summed E-state index contributed by atoms with van der Waals surface area (Å²) in [5.41, 5.74) is 3.10. The van der Waals surface area contributed by atoms with E-state index < -0.39 is 0 Å². The van der Waals surface area contributed by atoms with E-state index in [4.69, 9.17) is 0 Å². The molecule has 0 N–H and O–H groups in total. The van der Waals surface area contributed by atoms with Crippen LogP contribution in [-0.4, -0.2) is 0 Å². The van der Waals surface area contributed by atoms with Crippen LogP contribution in [0.5, 0.6) is 0 Å². The first-order chi connectivity index (χ1) is 6.53. The summed E-state index contributed by atoms with van der Waals surface area (Å²) in [4.78, 5) is 0. The molecule has 0 saturated carbocycles. The molecule has 1 rings (SSSR count). The fourth-order valence-electron chi connectivity index (χ4n) is 1.47. The van der Waals surface area contributed by atoms with E-state index in [9.17, 15) is 0 Å². The van der Waals surface area contributed by atoms with E-state index in [1.165, 1.54) is 17.5 Å². The SMILES string of the molecule is C=Cc1ccccc1CCC(C)(C)C. The highest BCUT2D eigenvalue weighted by Gasteiger charge is 2.10. The molecule has 0 saturated heterocycles. The van der Waals surface area contributed by atoms with Crippen LogP contribution in [0.2, 0.25) is 0 Å². The fourth-order valence-corrected chi connectivity index (χ4v) is 1.47. The van der Waals surface area contributed by atoms with E-state index in [1.54, 1.807) is 0 Å². The molecule has 14 heavy (non-hydrogen) atoms. The molecule has 0 amide bonds. The Kier molecular flexibility index (Phi) is 3.51. The number of hydrogen-bond donors (Lipinski definition) is 0. The van der Waals surface area contributed by atoms with Gasteiger partial charge in [0, 0.05) is 0 Å². The first-order valence-corrected chi connectivity index (χ1v) is 5.23. The topological polar surface area (TPSA) is 0 Å². The van der Waals surface area contributed by atoms with Gasteiger partial charge in [-0.25, -0.2) is 0 Å². The number of hydrogen-bond acceptors (Lipinski definition) is 0. The van der Waals surface area contributed by atoms with Crippen LogP contribution in [0.3, 0.4) is 0 Å². The van der Waals surface area contributed by atoms with Gasteiger partial charge in [0.05, 0.1) is 0 Å². The third kappa shape index (κ3) is 3.37. The lowest BCUT2D eigenvalue weighted by molar-refractivity contribution is 0.378. The second-order valence-electron chi connectivity index (χ2n) is 4.96. The summed E-state index contributed by atoms with van der Waals surface area (Å²) < 4.78 is 0. The lowest BCUT2D eigenvalue weighted by Crippen LogP contribution is -2.06.